The van der Waals surface area contributed by atoms with Gasteiger partial charge in [0, 0.05) is 12.3 Å². The van der Waals surface area contributed by atoms with E-state index in [-0.39, 0.29) is 23.6 Å². The molecule has 0 atom stereocenters. The van der Waals surface area contributed by atoms with E-state index in [4.69, 9.17) is 9.94 Å². The van der Waals surface area contributed by atoms with Crippen LogP contribution in [0.5, 0.6) is 5.75 Å². The number of oxime groups is 1. The number of halogens is 3. The molecule has 7 heteroatoms. The maximum absolute atomic E-state index is 12.2. The van der Waals surface area contributed by atoms with Crippen molar-refractivity contribution in [3.63, 3.8) is 0 Å². The van der Waals surface area contributed by atoms with E-state index in [9.17, 15) is 13.2 Å². The molecule has 80 valence electrons. The first kappa shape index (κ1) is 9.75. The number of hydrogen-bond donors (Lipinski definition) is 1. The Labute approximate surface area is 82.0 Å². The summed E-state index contributed by atoms with van der Waals surface area (Å²) in [5.41, 5.74) is -0.572. The van der Waals surface area contributed by atoms with E-state index in [2.05, 4.69) is 10.1 Å². The number of alkyl halides is 3. The summed E-state index contributed by atoms with van der Waals surface area (Å²) in [5, 5.41) is 11.4. The second-order valence-electron chi connectivity index (χ2n) is 2.90. The van der Waals surface area contributed by atoms with Gasteiger partial charge in [-0.15, -0.1) is 0 Å². The zero-order chi connectivity index (χ0) is 11.1. The van der Waals surface area contributed by atoms with Crippen molar-refractivity contribution in [2.75, 3.05) is 6.61 Å². The zero-order valence-corrected chi connectivity index (χ0v) is 7.25. The van der Waals surface area contributed by atoms with Gasteiger partial charge in [-0.25, -0.2) is 0 Å². The highest BCUT2D eigenvalue weighted by atomic mass is 19.4. The van der Waals surface area contributed by atoms with Gasteiger partial charge < -0.3 is 9.94 Å². The van der Waals surface area contributed by atoms with Crippen molar-refractivity contribution in [1.29, 1.82) is 0 Å². The molecule has 0 bridgehead atoms. The molecule has 1 aromatic rings. The Balaban J connectivity index is 2.46. The predicted octanol–water partition coefficient (Wildman–Crippen LogP) is 1.67. The van der Waals surface area contributed by atoms with Crippen molar-refractivity contribution in [1.82, 2.24) is 4.98 Å². The van der Waals surface area contributed by atoms with E-state index in [1.54, 1.807) is 0 Å². The Bertz CT molecular complexity index is 428. The zero-order valence-electron chi connectivity index (χ0n) is 7.25. The lowest BCUT2D eigenvalue weighted by molar-refractivity contribution is -0.141. The summed E-state index contributed by atoms with van der Waals surface area (Å²) in [6, 6.07) is 0.785. The number of fused-ring (bicyclic) bond motifs is 1. The van der Waals surface area contributed by atoms with Gasteiger partial charge in [0.15, 0.2) is 0 Å². The molecule has 15 heavy (non-hydrogen) atoms. The van der Waals surface area contributed by atoms with Crippen LogP contribution >= 0.6 is 0 Å². The lowest BCUT2D eigenvalue weighted by Crippen LogP contribution is -2.08. The summed E-state index contributed by atoms with van der Waals surface area (Å²) in [6.07, 6.45) is -3.52. The summed E-state index contributed by atoms with van der Waals surface area (Å²) in [5.74, 6) is 0.0325. The Morgan fingerprint density at radius 3 is 2.80 bits per heavy atom. The Morgan fingerprint density at radius 1 is 1.47 bits per heavy atom. The fraction of sp³-hybridized carbons (Fsp3) is 0.250. The minimum atomic E-state index is -4.50. The SMILES string of the molecule is O/N=C1/COc2cc(C(F)(F)F)ncc21. The minimum Gasteiger partial charge on any atom is -0.486 e. The molecule has 0 fully saturated rings. The van der Waals surface area contributed by atoms with Gasteiger partial charge in [0.1, 0.15) is 23.8 Å². The van der Waals surface area contributed by atoms with E-state index in [0.717, 1.165) is 12.3 Å². The largest absolute Gasteiger partial charge is 0.486 e. The molecule has 1 aliphatic heterocycles. The number of hydrogen-bond acceptors (Lipinski definition) is 4. The first-order valence-electron chi connectivity index (χ1n) is 3.93. The van der Waals surface area contributed by atoms with Crippen LogP contribution in [0.2, 0.25) is 0 Å². The van der Waals surface area contributed by atoms with Crippen LogP contribution in [0.25, 0.3) is 0 Å². The highest BCUT2D eigenvalue weighted by Crippen LogP contribution is 2.33. The Kier molecular flexibility index (Phi) is 2.02. The molecule has 0 saturated heterocycles. The third-order valence-corrected chi connectivity index (χ3v) is 1.95. The van der Waals surface area contributed by atoms with Gasteiger partial charge in [-0.2, -0.15) is 13.2 Å². The van der Waals surface area contributed by atoms with Gasteiger partial charge in [-0.1, -0.05) is 5.16 Å². The molecular formula is C8H5F3N2O2. The molecule has 0 aliphatic carbocycles. The van der Waals surface area contributed by atoms with Crippen molar-refractivity contribution in [3.8, 4) is 5.75 Å². The third kappa shape index (κ3) is 1.60. The summed E-state index contributed by atoms with van der Waals surface area (Å²) in [4.78, 5) is 3.22. The highest BCUT2D eigenvalue weighted by molar-refractivity contribution is 6.05. The molecule has 1 aliphatic rings. The van der Waals surface area contributed by atoms with Gasteiger partial charge in [0.25, 0.3) is 0 Å². The van der Waals surface area contributed by atoms with E-state index >= 15 is 0 Å². The van der Waals surface area contributed by atoms with E-state index in [0.29, 0.717) is 0 Å². The van der Waals surface area contributed by atoms with Crippen LogP contribution < -0.4 is 4.74 Å². The lowest BCUT2D eigenvalue weighted by Gasteiger charge is -2.06. The van der Waals surface area contributed by atoms with Gasteiger partial charge in [-0.3, -0.25) is 4.98 Å². The van der Waals surface area contributed by atoms with Crippen molar-refractivity contribution < 1.29 is 23.1 Å². The molecule has 4 nitrogen and oxygen atoms in total. The standard InChI is InChI=1S/C8H5F3N2O2/c9-8(10,11)7-1-6-4(2-12-7)5(13-14)3-15-6/h1-2,14H,3H2/b13-5-. The van der Waals surface area contributed by atoms with Crippen molar-refractivity contribution in [2.24, 2.45) is 5.16 Å². The minimum absolute atomic E-state index is 0.0325. The Hall–Kier alpha value is -1.79. The van der Waals surface area contributed by atoms with Crippen molar-refractivity contribution >= 4 is 5.71 Å². The molecule has 1 aromatic heterocycles. The summed E-state index contributed by atoms with van der Waals surface area (Å²) in [6.45, 7) is -0.0468. The molecule has 0 aromatic carbocycles. The molecule has 0 radical (unpaired) electrons. The van der Waals surface area contributed by atoms with E-state index in [1.165, 1.54) is 0 Å². The van der Waals surface area contributed by atoms with Crippen molar-refractivity contribution in [3.05, 3.63) is 23.5 Å². The maximum atomic E-state index is 12.2. The smallest absolute Gasteiger partial charge is 0.433 e. The molecule has 0 amide bonds. The van der Waals surface area contributed by atoms with Gasteiger partial charge in [-0.05, 0) is 0 Å². The first-order valence-corrected chi connectivity index (χ1v) is 3.93. The number of nitrogens with zero attached hydrogens (tertiary/aromatic N) is 2. The second kappa shape index (κ2) is 3.11. The average Bonchev–Trinajstić information content (AvgIpc) is 2.58. The third-order valence-electron chi connectivity index (χ3n) is 1.95. The van der Waals surface area contributed by atoms with Gasteiger partial charge in [0.2, 0.25) is 0 Å². The fourth-order valence-corrected chi connectivity index (χ4v) is 1.23. The number of pyridine rings is 1. The van der Waals surface area contributed by atoms with Crippen LogP contribution in [-0.4, -0.2) is 22.5 Å². The van der Waals surface area contributed by atoms with Crippen LogP contribution in [0.4, 0.5) is 13.2 Å². The topological polar surface area (TPSA) is 54.7 Å². The van der Waals surface area contributed by atoms with E-state index < -0.39 is 11.9 Å². The van der Waals surface area contributed by atoms with Crippen LogP contribution in [-0.2, 0) is 6.18 Å². The van der Waals surface area contributed by atoms with E-state index in [1.807, 2.05) is 0 Å². The lowest BCUT2D eigenvalue weighted by atomic mass is 10.2. The number of aromatic nitrogens is 1. The van der Waals surface area contributed by atoms with Crippen LogP contribution in [0.3, 0.4) is 0 Å². The monoisotopic (exact) mass is 218 g/mol. The normalized spacial score (nSPS) is 17.7. The van der Waals surface area contributed by atoms with Crippen LogP contribution in [0.1, 0.15) is 11.3 Å². The van der Waals surface area contributed by atoms with Crippen LogP contribution in [0.15, 0.2) is 17.4 Å². The molecule has 2 heterocycles. The molecule has 0 spiro atoms. The molecule has 0 unspecified atom stereocenters. The predicted molar refractivity (Wildman–Crippen MR) is 43.1 cm³/mol. The first-order chi connectivity index (χ1) is 7.02. The average molecular weight is 218 g/mol. The number of rotatable bonds is 0. The van der Waals surface area contributed by atoms with Gasteiger partial charge in [0.05, 0.1) is 5.56 Å². The summed E-state index contributed by atoms with van der Waals surface area (Å²) < 4.78 is 41.6. The molecule has 1 N–H and O–H groups in total. The summed E-state index contributed by atoms with van der Waals surface area (Å²) >= 11 is 0. The second-order valence-corrected chi connectivity index (χ2v) is 2.90. The molecule has 0 saturated carbocycles. The Morgan fingerprint density at radius 2 is 2.20 bits per heavy atom. The highest BCUT2D eigenvalue weighted by Gasteiger charge is 2.34. The number of ether oxygens (including phenoxy) is 1. The van der Waals surface area contributed by atoms with Crippen molar-refractivity contribution in [2.45, 2.75) is 6.18 Å². The quantitative estimate of drug-likeness (QED) is 0.532. The molecular weight excluding hydrogens is 213 g/mol. The maximum Gasteiger partial charge on any atom is 0.433 e. The molecule has 2 rings (SSSR count). The summed E-state index contributed by atoms with van der Waals surface area (Å²) in [7, 11) is 0. The fourth-order valence-electron chi connectivity index (χ4n) is 1.23. The van der Waals surface area contributed by atoms with Crippen LogP contribution in [0, 0.1) is 0 Å². The van der Waals surface area contributed by atoms with Gasteiger partial charge >= 0.3 is 6.18 Å².